The Hall–Kier alpha value is -2.96. The highest BCUT2D eigenvalue weighted by molar-refractivity contribution is 7.91. The van der Waals surface area contributed by atoms with Crippen LogP contribution in [0.3, 0.4) is 0 Å². The summed E-state index contributed by atoms with van der Waals surface area (Å²) in [5, 5.41) is 8.88. The Morgan fingerprint density at radius 1 is 1.09 bits per heavy atom. The van der Waals surface area contributed by atoms with Gasteiger partial charge in [0.15, 0.2) is 9.84 Å². The second-order valence-electron chi connectivity index (χ2n) is 8.56. The average Bonchev–Trinajstić information content (AvgIpc) is 3.06. The number of aromatic nitrogens is 1. The monoisotopic (exact) mass is 468 g/mol. The Kier molecular flexibility index (Phi) is 7.26. The second kappa shape index (κ2) is 10.3. The number of fused-ring (bicyclic) bond motifs is 2. The molecule has 1 aromatic carbocycles. The number of carbonyl (C=O) groups is 1. The van der Waals surface area contributed by atoms with Gasteiger partial charge in [0.2, 0.25) is 0 Å². The number of ether oxygens (including phenoxy) is 1. The van der Waals surface area contributed by atoms with Gasteiger partial charge >= 0.3 is 6.09 Å². The van der Waals surface area contributed by atoms with Crippen LogP contribution in [-0.2, 0) is 21.0 Å². The maximum atomic E-state index is 12.6. The highest BCUT2D eigenvalue weighted by Crippen LogP contribution is 2.30. The van der Waals surface area contributed by atoms with E-state index in [1.807, 2.05) is 18.2 Å². The minimum absolute atomic E-state index is 0.0651. The third-order valence-electron chi connectivity index (χ3n) is 6.43. The molecule has 0 N–H and O–H groups in total. The molecule has 8 nitrogen and oxygen atoms in total. The average molecular weight is 469 g/mol. The number of piperazine rings is 1. The molecule has 0 saturated carbocycles. The quantitative estimate of drug-likeness (QED) is 0.587. The van der Waals surface area contributed by atoms with Gasteiger partial charge in [0.25, 0.3) is 0 Å². The van der Waals surface area contributed by atoms with Crippen LogP contribution in [0.2, 0.25) is 0 Å². The Morgan fingerprint density at radius 2 is 1.76 bits per heavy atom. The van der Waals surface area contributed by atoms with E-state index in [2.05, 4.69) is 9.88 Å². The zero-order valence-corrected chi connectivity index (χ0v) is 19.3. The van der Waals surface area contributed by atoms with Gasteiger partial charge in [-0.15, -0.1) is 0 Å². The van der Waals surface area contributed by atoms with E-state index >= 15 is 0 Å². The number of hydrogen-bond acceptors (Lipinski definition) is 7. The van der Waals surface area contributed by atoms with Crippen LogP contribution in [-0.4, -0.2) is 73.4 Å². The zero-order chi connectivity index (χ0) is 23.3. The Bertz CT molecular complexity index is 1090. The van der Waals surface area contributed by atoms with Crippen LogP contribution in [0.1, 0.15) is 30.4 Å². The molecule has 9 heteroatoms. The van der Waals surface area contributed by atoms with Gasteiger partial charge in [0, 0.05) is 44.0 Å². The first-order chi connectivity index (χ1) is 16.0. The molecule has 0 spiro atoms. The largest absolute Gasteiger partial charge is 0.449 e. The molecule has 2 aliphatic rings. The van der Waals surface area contributed by atoms with Crippen molar-refractivity contribution < 1.29 is 17.9 Å². The molecule has 33 heavy (non-hydrogen) atoms. The fraction of sp³-hybridized carbons (Fsp3) is 0.458. The van der Waals surface area contributed by atoms with Crippen molar-refractivity contribution in [1.82, 2.24) is 14.8 Å². The highest BCUT2D eigenvalue weighted by Gasteiger charge is 2.41. The summed E-state index contributed by atoms with van der Waals surface area (Å²) in [6.45, 7) is 2.27. The lowest BCUT2D eigenvalue weighted by Crippen LogP contribution is -2.55. The first-order valence-corrected chi connectivity index (χ1v) is 12.9. The standard InChI is InChI=1S/C24H28N4O4S/c25-16-20-2-6-23(7-3-20)33(30,31)15-1-13-28-21-4-5-22(28)18-27(17-21)24(29)32-14-10-19-8-11-26-12-9-19/h2-3,6-9,11-12,21-22H,1,4-5,10,13-15,17-18H2. The molecule has 4 rings (SSSR count). The van der Waals surface area contributed by atoms with Crippen LogP contribution in [0.25, 0.3) is 0 Å². The molecule has 2 aliphatic heterocycles. The number of nitrogens with zero attached hydrogens (tertiary/aromatic N) is 4. The van der Waals surface area contributed by atoms with E-state index in [1.165, 1.54) is 24.3 Å². The number of nitriles is 1. The summed E-state index contributed by atoms with van der Waals surface area (Å²) in [6.07, 6.45) is 6.39. The number of sulfone groups is 1. The van der Waals surface area contributed by atoms with Gasteiger partial charge in [-0.3, -0.25) is 9.88 Å². The normalized spacial score (nSPS) is 20.4. The van der Waals surface area contributed by atoms with Gasteiger partial charge in [-0.1, -0.05) is 0 Å². The van der Waals surface area contributed by atoms with Crippen LogP contribution in [0.4, 0.5) is 4.79 Å². The molecular weight excluding hydrogens is 440 g/mol. The number of amides is 1. The van der Waals surface area contributed by atoms with Crippen LogP contribution in [0.15, 0.2) is 53.7 Å². The van der Waals surface area contributed by atoms with Crippen molar-refractivity contribution >= 4 is 15.9 Å². The van der Waals surface area contributed by atoms with E-state index in [-0.39, 0.29) is 28.8 Å². The third kappa shape index (κ3) is 5.70. The van der Waals surface area contributed by atoms with Gasteiger partial charge in [0.1, 0.15) is 0 Å². The zero-order valence-electron chi connectivity index (χ0n) is 18.5. The number of benzene rings is 1. The summed E-state index contributed by atoms with van der Waals surface area (Å²) in [6, 6.07) is 12.4. The molecule has 1 amide bonds. The smallest absolute Gasteiger partial charge is 0.409 e. The van der Waals surface area contributed by atoms with E-state index in [4.69, 9.17) is 10.00 Å². The summed E-state index contributed by atoms with van der Waals surface area (Å²) in [7, 11) is -3.38. The van der Waals surface area contributed by atoms with Gasteiger partial charge < -0.3 is 9.64 Å². The maximum Gasteiger partial charge on any atom is 0.409 e. The molecule has 1 aromatic heterocycles. The van der Waals surface area contributed by atoms with E-state index in [0.717, 1.165) is 18.4 Å². The number of likely N-dealkylation sites (tertiary alicyclic amines) is 1. The van der Waals surface area contributed by atoms with Crippen LogP contribution < -0.4 is 0 Å². The van der Waals surface area contributed by atoms with Gasteiger partial charge in [-0.25, -0.2) is 13.2 Å². The summed E-state index contributed by atoms with van der Waals surface area (Å²) in [5.41, 5.74) is 1.53. The summed E-state index contributed by atoms with van der Waals surface area (Å²) >= 11 is 0. The van der Waals surface area contributed by atoms with Crippen molar-refractivity contribution in [3.8, 4) is 6.07 Å². The predicted octanol–water partition coefficient (Wildman–Crippen LogP) is 2.64. The number of rotatable bonds is 8. The van der Waals surface area contributed by atoms with Crippen LogP contribution >= 0.6 is 0 Å². The summed E-state index contributed by atoms with van der Waals surface area (Å²) < 4.78 is 30.7. The van der Waals surface area contributed by atoms with Gasteiger partial charge in [-0.05, 0) is 67.8 Å². The van der Waals surface area contributed by atoms with E-state index < -0.39 is 9.84 Å². The molecule has 2 fully saturated rings. The van der Waals surface area contributed by atoms with Gasteiger partial charge in [-0.2, -0.15) is 5.26 Å². The molecule has 3 heterocycles. The molecule has 2 unspecified atom stereocenters. The summed E-state index contributed by atoms with van der Waals surface area (Å²) in [4.78, 5) is 20.9. The minimum atomic E-state index is -3.38. The SMILES string of the molecule is N#Cc1ccc(S(=O)(=O)CCCN2C3CCC2CN(C(=O)OCCc2ccncc2)C3)cc1. The third-order valence-corrected chi connectivity index (χ3v) is 8.25. The van der Waals surface area contributed by atoms with Crippen molar-refractivity contribution in [1.29, 1.82) is 5.26 Å². The second-order valence-corrected chi connectivity index (χ2v) is 10.7. The van der Waals surface area contributed by atoms with Crippen molar-refractivity contribution in [2.45, 2.75) is 42.7 Å². The van der Waals surface area contributed by atoms with E-state index in [1.54, 1.807) is 17.3 Å². The molecule has 2 aromatic rings. The topological polar surface area (TPSA) is 104 Å². The molecule has 0 radical (unpaired) electrons. The number of carbonyl (C=O) groups excluding carboxylic acids is 1. The molecular formula is C24H28N4O4S. The predicted molar refractivity (Wildman–Crippen MR) is 122 cm³/mol. The molecule has 2 bridgehead atoms. The number of pyridine rings is 1. The van der Waals surface area contributed by atoms with Gasteiger partial charge in [0.05, 0.1) is 28.9 Å². The number of hydrogen-bond donors (Lipinski definition) is 0. The molecule has 2 atom stereocenters. The minimum Gasteiger partial charge on any atom is -0.449 e. The fourth-order valence-electron chi connectivity index (χ4n) is 4.69. The van der Waals surface area contributed by atoms with Crippen LogP contribution in [0.5, 0.6) is 0 Å². The Morgan fingerprint density at radius 3 is 2.39 bits per heavy atom. The lowest BCUT2D eigenvalue weighted by atomic mass is 10.2. The van der Waals surface area contributed by atoms with Crippen molar-refractivity contribution in [3.05, 3.63) is 59.9 Å². The Balaban J connectivity index is 1.23. The lowest BCUT2D eigenvalue weighted by Gasteiger charge is -2.40. The van der Waals surface area contributed by atoms with Crippen LogP contribution in [0, 0.1) is 11.3 Å². The first-order valence-electron chi connectivity index (χ1n) is 11.3. The van der Waals surface area contributed by atoms with Crippen molar-refractivity contribution in [2.75, 3.05) is 32.0 Å². The molecule has 2 saturated heterocycles. The highest BCUT2D eigenvalue weighted by atomic mass is 32.2. The Labute approximate surface area is 194 Å². The molecule has 0 aliphatic carbocycles. The lowest BCUT2D eigenvalue weighted by molar-refractivity contribution is 0.0463. The van der Waals surface area contributed by atoms with Crippen molar-refractivity contribution in [3.63, 3.8) is 0 Å². The maximum absolute atomic E-state index is 12.6. The summed E-state index contributed by atoms with van der Waals surface area (Å²) in [5.74, 6) is 0.0651. The molecule has 174 valence electrons. The fourth-order valence-corrected chi connectivity index (χ4v) is 5.99. The van der Waals surface area contributed by atoms with Crippen molar-refractivity contribution in [2.24, 2.45) is 0 Å². The van der Waals surface area contributed by atoms with E-state index in [0.29, 0.717) is 44.6 Å². The van der Waals surface area contributed by atoms with E-state index in [9.17, 15) is 13.2 Å². The first kappa shape index (κ1) is 23.2.